The lowest BCUT2D eigenvalue weighted by Crippen LogP contribution is -2.41. The van der Waals surface area contributed by atoms with Crippen LogP contribution in [0, 0.1) is 0 Å². The Balaban J connectivity index is 2.71. The maximum atomic E-state index is 11.6. The second-order valence-electron chi connectivity index (χ2n) is 5.76. The minimum absolute atomic E-state index is 0.0202. The van der Waals surface area contributed by atoms with Gasteiger partial charge in [-0.05, 0) is 52.8 Å². The highest BCUT2D eigenvalue weighted by Crippen LogP contribution is 2.22. The molecule has 3 N–H and O–H groups in total. The monoisotopic (exact) mass is 278 g/mol. The highest BCUT2D eigenvalue weighted by Gasteiger charge is 2.20. The number of amides is 1. The van der Waals surface area contributed by atoms with Crippen LogP contribution in [-0.2, 0) is 4.79 Å². The van der Waals surface area contributed by atoms with Crippen molar-refractivity contribution >= 4 is 17.4 Å². The maximum absolute atomic E-state index is 11.6. The molecule has 1 aromatic rings. The van der Waals surface area contributed by atoms with Gasteiger partial charge in [-0.25, -0.2) is 4.98 Å². The quantitative estimate of drug-likeness (QED) is 0.838. The lowest BCUT2D eigenvalue weighted by Gasteiger charge is -2.35. The van der Waals surface area contributed by atoms with E-state index in [1.807, 2.05) is 12.1 Å². The molecule has 1 amide bonds. The summed E-state index contributed by atoms with van der Waals surface area (Å²) in [4.78, 5) is 18.3. The third-order valence-corrected chi connectivity index (χ3v) is 3.04. The molecule has 1 aromatic heterocycles. The molecule has 5 heteroatoms. The summed E-state index contributed by atoms with van der Waals surface area (Å²) in [5, 5.41) is 2.82. The molecule has 1 heterocycles. The molecular weight excluding hydrogens is 252 g/mol. The van der Waals surface area contributed by atoms with Gasteiger partial charge in [-0.1, -0.05) is 0 Å². The molecule has 5 nitrogen and oxygen atoms in total. The van der Waals surface area contributed by atoms with Gasteiger partial charge in [0.05, 0.1) is 11.9 Å². The first-order valence-corrected chi connectivity index (χ1v) is 7.12. The molecule has 0 saturated carbocycles. The van der Waals surface area contributed by atoms with E-state index in [0.717, 1.165) is 18.1 Å². The predicted molar refractivity (Wildman–Crippen MR) is 83.9 cm³/mol. The smallest absolute Gasteiger partial charge is 0.224 e. The van der Waals surface area contributed by atoms with Crippen LogP contribution in [0.1, 0.15) is 40.5 Å². The molecule has 0 aliphatic heterocycles. The Labute approximate surface area is 121 Å². The number of rotatable bonds is 6. The summed E-state index contributed by atoms with van der Waals surface area (Å²) in [6.45, 7) is 9.98. The van der Waals surface area contributed by atoms with Crippen LogP contribution in [0.5, 0.6) is 0 Å². The van der Waals surface area contributed by atoms with E-state index in [4.69, 9.17) is 5.73 Å². The molecule has 0 saturated heterocycles. The summed E-state index contributed by atoms with van der Waals surface area (Å²) < 4.78 is 0. The van der Waals surface area contributed by atoms with Crippen LogP contribution in [0.4, 0.5) is 11.5 Å². The first kappa shape index (κ1) is 16.4. The highest BCUT2D eigenvalue weighted by atomic mass is 16.1. The first-order valence-electron chi connectivity index (χ1n) is 7.12. The Morgan fingerprint density at radius 3 is 2.55 bits per heavy atom. The maximum Gasteiger partial charge on any atom is 0.224 e. The summed E-state index contributed by atoms with van der Waals surface area (Å²) in [6, 6.07) is 3.82. The zero-order chi connectivity index (χ0) is 15.2. The van der Waals surface area contributed by atoms with Gasteiger partial charge in [0.1, 0.15) is 5.82 Å². The van der Waals surface area contributed by atoms with Gasteiger partial charge in [0.25, 0.3) is 0 Å². The summed E-state index contributed by atoms with van der Waals surface area (Å²) >= 11 is 0. The molecule has 0 unspecified atom stereocenters. The normalized spacial score (nSPS) is 11.2. The molecule has 20 heavy (non-hydrogen) atoms. The third kappa shape index (κ3) is 4.81. The number of hydrogen-bond acceptors (Lipinski definition) is 4. The predicted octanol–water partition coefficient (Wildman–Crippen LogP) is 2.38. The zero-order valence-corrected chi connectivity index (χ0v) is 12.9. The third-order valence-electron chi connectivity index (χ3n) is 3.04. The molecular formula is C15H26N4O. The number of nitrogens with one attached hydrogen (secondary N) is 1. The van der Waals surface area contributed by atoms with Gasteiger partial charge in [-0.2, -0.15) is 0 Å². The minimum atomic E-state index is -0.0202. The number of carbonyl (C=O) groups is 1. The molecule has 0 bridgehead atoms. The van der Waals surface area contributed by atoms with Crippen LogP contribution in [0.25, 0.3) is 0 Å². The molecule has 0 aliphatic rings. The average molecular weight is 278 g/mol. The number of hydrogen-bond donors (Lipinski definition) is 2. The van der Waals surface area contributed by atoms with E-state index in [1.54, 1.807) is 6.20 Å². The van der Waals surface area contributed by atoms with Gasteiger partial charge in [0.15, 0.2) is 0 Å². The topological polar surface area (TPSA) is 71.2 Å². The van der Waals surface area contributed by atoms with E-state index in [1.165, 1.54) is 0 Å². The molecule has 0 aliphatic carbocycles. The van der Waals surface area contributed by atoms with Gasteiger partial charge in [0, 0.05) is 18.5 Å². The number of nitrogens with two attached hydrogens (primary N) is 1. The molecule has 0 fully saturated rings. The number of anilines is 2. The van der Waals surface area contributed by atoms with Gasteiger partial charge >= 0.3 is 0 Å². The van der Waals surface area contributed by atoms with Crippen molar-refractivity contribution in [2.75, 3.05) is 23.3 Å². The van der Waals surface area contributed by atoms with Crippen molar-refractivity contribution in [2.45, 2.75) is 46.1 Å². The van der Waals surface area contributed by atoms with Gasteiger partial charge in [-0.15, -0.1) is 0 Å². The number of aromatic nitrogens is 1. The van der Waals surface area contributed by atoms with Gasteiger partial charge in [0.2, 0.25) is 5.91 Å². The lowest BCUT2D eigenvalue weighted by atomic mass is 10.1. The number of carbonyl (C=O) groups excluding carboxylic acids is 1. The molecule has 0 aromatic carbocycles. The van der Waals surface area contributed by atoms with E-state index < -0.39 is 0 Å². The lowest BCUT2D eigenvalue weighted by molar-refractivity contribution is -0.116. The average Bonchev–Trinajstić information content (AvgIpc) is 2.37. The van der Waals surface area contributed by atoms with Crippen molar-refractivity contribution in [3.8, 4) is 0 Å². The van der Waals surface area contributed by atoms with Crippen molar-refractivity contribution in [3.63, 3.8) is 0 Å². The second kappa shape index (κ2) is 7.24. The Morgan fingerprint density at radius 2 is 2.10 bits per heavy atom. The van der Waals surface area contributed by atoms with Crippen molar-refractivity contribution in [1.82, 2.24) is 4.98 Å². The Hall–Kier alpha value is -1.62. The van der Waals surface area contributed by atoms with E-state index in [9.17, 15) is 4.79 Å². The standard InChI is InChI=1S/C15H26N4O/c1-5-19(15(2,3)4)13-9-8-12(11-17-13)18-14(20)7-6-10-16/h8-9,11H,5-7,10,16H2,1-4H3,(H,18,20). The second-order valence-corrected chi connectivity index (χ2v) is 5.76. The van der Waals surface area contributed by atoms with E-state index in [0.29, 0.717) is 19.4 Å². The summed E-state index contributed by atoms with van der Waals surface area (Å²) in [7, 11) is 0. The zero-order valence-electron chi connectivity index (χ0n) is 12.9. The Morgan fingerprint density at radius 1 is 1.40 bits per heavy atom. The minimum Gasteiger partial charge on any atom is -0.352 e. The fraction of sp³-hybridized carbons (Fsp3) is 0.600. The fourth-order valence-corrected chi connectivity index (χ4v) is 2.09. The van der Waals surface area contributed by atoms with Crippen molar-refractivity contribution in [2.24, 2.45) is 5.73 Å². The largest absolute Gasteiger partial charge is 0.352 e. The molecule has 0 radical (unpaired) electrons. The van der Waals surface area contributed by atoms with Crippen LogP contribution in [0.2, 0.25) is 0 Å². The fourth-order valence-electron chi connectivity index (χ4n) is 2.09. The Kier molecular flexibility index (Phi) is 5.95. The molecule has 1 rings (SSSR count). The van der Waals surface area contributed by atoms with Gasteiger partial charge < -0.3 is 16.0 Å². The first-order chi connectivity index (χ1) is 9.38. The van der Waals surface area contributed by atoms with E-state index >= 15 is 0 Å². The summed E-state index contributed by atoms with van der Waals surface area (Å²) in [6.07, 6.45) is 2.84. The van der Waals surface area contributed by atoms with Crippen LogP contribution >= 0.6 is 0 Å². The molecule has 0 spiro atoms. The Bertz CT molecular complexity index is 422. The molecule has 0 atom stereocenters. The van der Waals surface area contributed by atoms with Gasteiger partial charge in [-0.3, -0.25) is 4.79 Å². The SMILES string of the molecule is CCN(c1ccc(NC(=O)CCCN)cn1)C(C)(C)C. The van der Waals surface area contributed by atoms with Crippen molar-refractivity contribution in [3.05, 3.63) is 18.3 Å². The highest BCUT2D eigenvalue weighted by molar-refractivity contribution is 5.90. The van der Waals surface area contributed by atoms with Crippen LogP contribution in [0.15, 0.2) is 18.3 Å². The van der Waals surface area contributed by atoms with E-state index in [2.05, 4.69) is 42.9 Å². The summed E-state index contributed by atoms with van der Waals surface area (Å²) in [5.41, 5.74) is 6.13. The van der Waals surface area contributed by atoms with E-state index in [-0.39, 0.29) is 11.4 Å². The van der Waals surface area contributed by atoms with Crippen molar-refractivity contribution in [1.29, 1.82) is 0 Å². The van der Waals surface area contributed by atoms with Crippen LogP contribution in [0.3, 0.4) is 0 Å². The summed E-state index contributed by atoms with van der Waals surface area (Å²) in [5.74, 6) is 0.896. The number of nitrogens with zero attached hydrogens (tertiary/aromatic N) is 2. The molecule has 112 valence electrons. The van der Waals surface area contributed by atoms with Crippen molar-refractivity contribution < 1.29 is 4.79 Å². The van der Waals surface area contributed by atoms with Crippen LogP contribution < -0.4 is 16.0 Å². The number of pyridine rings is 1. The van der Waals surface area contributed by atoms with Crippen LogP contribution in [-0.4, -0.2) is 29.5 Å².